The minimum Gasteiger partial charge on any atom is -0.347 e. The molecular formula is C23H23N3O2. The molecule has 142 valence electrons. The number of fused-ring (bicyclic) bond motifs is 1. The highest BCUT2D eigenvalue weighted by Gasteiger charge is 2.39. The molecule has 5 nitrogen and oxygen atoms in total. The molecule has 2 aliphatic rings. The van der Waals surface area contributed by atoms with Crippen LogP contribution < -0.4 is 0 Å². The van der Waals surface area contributed by atoms with E-state index in [1.165, 1.54) is 16.5 Å². The molecule has 0 unspecified atom stereocenters. The van der Waals surface area contributed by atoms with E-state index in [2.05, 4.69) is 46.0 Å². The maximum Gasteiger partial charge on any atom is 0.170 e. The van der Waals surface area contributed by atoms with Gasteiger partial charge in [0, 0.05) is 49.7 Å². The number of hydrogen-bond donors (Lipinski definition) is 0. The van der Waals surface area contributed by atoms with Crippen molar-refractivity contribution in [3.8, 4) is 11.8 Å². The summed E-state index contributed by atoms with van der Waals surface area (Å²) in [7, 11) is 0. The minimum absolute atomic E-state index is 0.326. The molecule has 0 N–H and O–H groups in total. The van der Waals surface area contributed by atoms with Crippen molar-refractivity contribution in [3.63, 3.8) is 0 Å². The third-order valence-electron chi connectivity index (χ3n) is 5.89. The van der Waals surface area contributed by atoms with Crippen LogP contribution >= 0.6 is 0 Å². The average molecular weight is 373 g/mol. The second-order valence-electron chi connectivity index (χ2n) is 7.58. The van der Waals surface area contributed by atoms with E-state index in [4.69, 9.17) is 14.7 Å². The van der Waals surface area contributed by atoms with Crippen LogP contribution in [0.3, 0.4) is 0 Å². The van der Waals surface area contributed by atoms with Crippen molar-refractivity contribution in [1.82, 2.24) is 9.47 Å². The van der Waals surface area contributed by atoms with Crippen LogP contribution in [0, 0.1) is 11.3 Å². The first-order chi connectivity index (χ1) is 13.8. The lowest BCUT2D eigenvalue weighted by molar-refractivity contribution is -0.185. The first kappa shape index (κ1) is 17.4. The van der Waals surface area contributed by atoms with Gasteiger partial charge in [-0.05, 0) is 35.9 Å². The highest BCUT2D eigenvalue weighted by atomic mass is 16.7. The molecule has 0 bridgehead atoms. The van der Waals surface area contributed by atoms with Gasteiger partial charge in [-0.15, -0.1) is 0 Å². The second-order valence-corrected chi connectivity index (χ2v) is 7.58. The topological polar surface area (TPSA) is 50.4 Å². The quantitative estimate of drug-likeness (QED) is 0.700. The number of aromatic nitrogens is 1. The zero-order chi connectivity index (χ0) is 19.0. The Hall–Kier alpha value is -2.65. The number of likely N-dealkylation sites (tertiary alicyclic amines) is 1. The molecule has 3 aromatic rings. The largest absolute Gasteiger partial charge is 0.347 e. The molecule has 0 radical (unpaired) electrons. The van der Waals surface area contributed by atoms with Crippen LogP contribution in [-0.4, -0.2) is 41.6 Å². The SMILES string of the molecule is N#Cc1ccc(-n2cc(CN3CCC4(CC3)OCCO4)c3ccccc32)cc1. The molecule has 1 aromatic heterocycles. The minimum atomic E-state index is -0.326. The van der Waals surface area contributed by atoms with E-state index >= 15 is 0 Å². The Morgan fingerprint density at radius 3 is 2.39 bits per heavy atom. The highest BCUT2D eigenvalue weighted by Crippen LogP contribution is 2.33. The fourth-order valence-corrected chi connectivity index (χ4v) is 4.36. The van der Waals surface area contributed by atoms with Crippen LogP contribution in [-0.2, 0) is 16.0 Å². The third kappa shape index (κ3) is 3.10. The molecule has 28 heavy (non-hydrogen) atoms. The summed E-state index contributed by atoms with van der Waals surface area (Å²) in [6.07, 6.45) is 4.10. The van der Waals surface area contributed by atoms with E-state index < -0.39 is 0 Å². The highest BCUT2D eigenvalue weighted by molar-refractivity contribution is 5.85. The first-order valence-corrected chi connectivity index (χ1v) is 9.86. The molecule has 2 aromatic carbocycles. The summed E-state index contributed by atoms with van der Waals surface area (Å²) in [5.41, 5.74) is 4.27. The number of hydrogen-bond acceptors (Lipinski definition) is 4. The summed E-state index contributed by atoms with van der Waals surface area (Å²) < 4.78 is 13.9. The van der Waals surface area contributed by atoms with E-state index in [-0.39, 0.29) is 5.79 Å². The summed E-state index contributed by atoms with van der Waals surface area (Å²) in [5.74, 6) is -0.326. The zero-order valence-corrected chi connectivity index (χ0v) is 15.8. The van der Waals surface area contributed by atoms with Gasteiger partial charge in [0.2, 0.25) is 0 Å². The van der Waals surface area contributed by atoms with Gasteiger partial charge >= 0.3 is 0 Å². The lowest BCUT2D eigenvalue weighted by atomic mass is 10.0. The van der Waals surface area contributed by atoms with E-state index in [1.54, 1.807) is 0 Å². The molecule has 5 heteroatoms. The van der Waals surface area contributed by atoms with Crippen LogP contribution in [0.25, 0.3) is 16.6 Å². The van der Waals surface area contributed by atoms with Crippen LogP contribution in [0.2, 0.25) is 0 Å². The van der Waals surface area contributed by atoms with Gasteiger partial charge in [-0.1, -0.05) is 18.2 Å². The van der Waals surface area contributed by atoms with E-state index in [0.29, 0.717) is 5.56 Å². The number of ether oxygens (including phenoxy) is 2. The van der Waals surface area contributed by atoms with Crippen LogP contribution in [0.1, 0.15) is 24.0 Å². The number of para-hydroxylation sites is 1. The predicted octanol–water partition coefficient (Wildman–Crippen LogP) is 3.84. The molecule has 2 fully saturated rings. The van der Waals surface area contributed by atoms with Gasteiger partial charge in [-0.3, -0.25) is 4.90 Å². The van der Waals surface area contributed by atoms with Crippen molar-refractivity contribution in [2.45, 2.75) is 25.2 Å². The zero-order valence-electron chi connectivity index (χ0n) is 15.8. The molecule has 0 saturated carbocycles. The molecule has 2 saturated heterocycles. The predicted molar refractivity (Wildman–Crippen MR) is 107 cm³/mol. The summed E-state index contributed by atoms with van der Waals surface area (Å²) in [4.78, 5) is 2.49. The standard InChI is InChI=1S/C23H23N3O2/c24-15-18-5-7-20(8-6-18)26-17-19(21-3-1-2-4-22(21)26)16-25-11-9-23(10-12-25)27-13-14-28-23/h1-8,17H,9-14,16H2. The van der Waals surface area contributed by atoms with Gasteiger partial charge in [0.05, 0.1) is 30.4 Å². The van der Waals surface area contributed by atoms with Gasteiger partial charge in [-0.25, -0.2) is 0 Å². The number of benzene rings is 2. The first-order valence-electron chi connectivity index (χ1n) is 9.86. The number of piperidine rings is 1. The average Bonchev–Trinajstić information content (AvgIpc) is 3.35. The number of nitriles is 1. The van der Waals surface area contributed by atoms with Crippen molar-refractivity contribution >= 4 is 10.9 Å². The Morgan fingerprint density at radius 1 is 0.964 bits per heavy atom. The van der Waals surface area contributed by atoms with E-state index in [0.717, 1.165) is 51.4 Å². The Morgan fingerprint density at radius 2 is 1.68 bits per heavy atom. The van der Waals surface area contributed by atoms with Crippen molar-refractivity contribution in [2.24, 2.45) is 0 Å². The van der Waals surface area contributed by atoms with Crippen LogP contribution in [0.4, 0.5) is 0 Å². The monoisotopic (exact) mass is 373 g/mol. The lowest BCUT2D eigenvalue weighted by Gasteiger charge is -2.37. The van der Waals surface area contributed by atoms with Gasteiger partial charge < -0.3 is 14.0 Å². The summed E-state index contributed by atoms with van der Waals surface area (Å²) in [6, 6.07) is 18.5. The molecule has 1 spiro atoms. The summed E-state index contributed by atoms with van der Waals surface area (Å²) >= 11 is 0. The molecule has 0 aliphatic carbocycles. The maximum absolute atomic E-state index is 9.05. The fraction of sp³-hybridized carbons (Fsp3) is 0.348. The summed E-state index contributed by atoms with van der Waals surface area (Å²) in [5, 5.41) is 10.3. The second kappa shape index (κ2) is 7.06. The molecule has 5 rings (SSSR count). The smallest absolute Gasteiger partial charge is 0.170 e. The van der Waals surface area contributed by atoms with Crippen LogP contribution in [0.15, 0.2) is 54.7 Å². The Bertz CT molecular complexity index is 1020. The Kier molecular flexibility index (Phi) is 4.40. The summed E-state index contributed by atoms with van der Waals surface area (Å²) in [6.45, 7) is 4.32. The lowest BCUT2D eigenvalue weighted by Crippen LogP contribution is -2.44. The van der Waals surface area contributed by atoms with E-state index in [9.17, 15) is 0 Å². The van der Waals surface area contributed by atoms with Gasteiger partial charge in [-0.2, -0.15) is 5.26 Å². The molecule has 0 amide bonds. The normalized spacial score (nSPS) is 19.2. The van der Waals surface area contributed by atoms with Crippen molar-refractivity contribution in [3.05, 3.63) is 65.9 Å². The molecule has 3 heterocycles. The Balaban J connectivity index is 1.41. The Labute approximate surface area is 164 Å². The fourth-order valence-electron chi connectivity index (χ4n) is 4.36. The third-order valence-corrected chi connectivity index (χ3v) is 5.89. The number of rotatable bonds is 3. The molecule has 2 aliphatic heterocycles. The van der Waals surface area contributed by atoms with Gasteiger partial charge in [0.15, 0.2) is 5.79 Å². The van der Waals surface area contributed by atoms with Crippen molar-refractivity contribution < 1.29 is 9.47 Å². The van der Waals surface area contributed by atoms with Gasteiger partial charge in [0.1, 0.15) is 0 Å². The van der Waals surface area contributed by atoms with Crippen molar-refractivity contribution in [1.29, 1.82) is 5.26 Å². The van der Waals surface area contributed by atoms with Gasteiger partial charge in [0.25, 0.3) is 0 Å². The maximum atomic E-state index is 9.05. The number of nitrogens with zero attached hydrogens (tertiary/aromatic N) is 3. The molecular weight excluding hydrogens is 350 g/mol. The molecule has 0 atom stereocenters. The van der Waals surface area contributed by atoms with Crippen LogP contribution in [0.5, 0.6) is 0 Å². The van der Waals surface area contributed by atoms with E-state index in [1.807, 2.05) is 24.3 Å². The van der Waals surface area contributed by atoms with Crippen molar-refractivity contribution in [2.75, 3.05) is 26.3 Å².